The molecule has 0 N–H and O–H groups in total. The van der Waals surface area contributed by atoms with Gasteiger partial charge < -0.3 is 4.74 Å². The highest BCUT2D eigenvalue weighted by Gasteiger charge is 2.03. The number of benzene rings is 1. The van der Waals surface area contributed by atoms with Gasteiger partial charge in [-0.2, -0.15) is 0 Å². The number of esters is 1. The van der Waals surface area contributed by atoms with Crippen molar-refractivity contribution in [3.05, 3.63) is 36.5 Å². The molecule has 3 nitrogen and oxygen atoms in total. The van der Waals surface area contributed by atoms with Gasteiger partial charge >= 0.3 is 5.97 Å². The first kappa shape index (κ1) is 11.5. The average Bonchev–Trinajstić information content (AvgIpc) is 2.18. The van der Waals surface area contributed by atoms with E-state index in [1.54, 1.807) is 12.3 Å². The molecule has 1 heterocycles. The van der Waals surface area contributed by atoms with Gasteiger partial charge in [0.05, 0.1) is 0 Å². The van der Waals surface area contributed by atoms with Crippen LogP contribution in [0.25, 0.3) is 10.9 Å². The smallest absolute Gasteiger partial charge is 0.308 e. The van der Waals surface area contributed by atoms with Crippen LogP contribution in [0.5, 0.6) is 5.75 Å². The van der Waals surface area contributed by atoms with Gasteiger partial charge in [0.15, 0.2) is 5.75 Å². The Balaban J connectivity index is 0.00000112. The van der Waals surface area contributed by atoms with Crippen molar-refractivity contribution in [3.63, 3.8) is 0 Å². The zero-order valence-corrected chi connectivity index (χ0v) is 8.95. The minimum atomic E-state index is -0.330. The molecule has 1 aromatic heterocycles. The van der Waals surface area contributed by atoms with Crippen LogP contribution in [0.3, 0.4) is 0 Å². The van der Waals surface area contributed by atoms with Crippen molar-refractivity contribution in [2.24, 2.45) is 0 Å². The van der Waals surface area contributed by atoms with Crippen molar-refractivity contribution >= 4 is 29.3 Å². The van der Waals surface area contributed by atoms with Gasteiger partial charge in [-0.05, 0) is 12.1 Å². The minimum Gasteiger partial charge on any atom is -0.424 e. The summed E-state index contributed by atoms with van der Waals surface area (Å²) >= 11 is 0. The molecule has 0 aliphatic rings. The molecule has 0 unspecified atom stereocenters. The standard InChI is InChI=1S/C11H9NO2.ClH/c1-8(13)14-10-6-2-4-9-5-3-7-12-11(9)10;/h2-7H,1H3;1H. The molecule has 0 atom stereocenters. The van der Waals surface area contributed by atoms with Gasteiger partial charge in [-0.25, -0.2) is 0 Å². The Bertz CT molecular complexity index is 479. The van der Waals surface area contributed by atoms with Gasteiger partial charge in [0.1, 0.15) is 5.52 Å². The van der Waals surface area contributed by atoms with E-state index in [0.29, 0.717) is 11.3 Å². The van der Waals surface area contributed by atoms with Crippen LogP contribution in [-0.2, 0) is 4.79 Å². The van der Waals surface area contributed by atoms with E-state index in [2.05, 4.69) is 4.98 Å². The summed E-state index contributed by atoms with van der Waals surface area (Å²) < 4.78 is 5.03. The molecule has 0 bridgehead atoms. The van der Waals surface area contributed by atoms with E-state index in [1.807, 2.05) is 24.3 Å². The zero-order chi connectivity index (χ0) is 9.97. The fourth-order valence-corrected chi connectivity index (χ4v) is 1.31. The molecule has 15 heavy (non-hydrogen) atoms. The lowest BCUT2D eigenvalue weighted by molar-refractivity contribution is -0.131. The Morgan fingerprint density at radius 1 is 1.27 bits per heavy atom. The number of halogens is 1. The van der Waals surface area contributed by atoms with Crippen molar-refractivity contribution in [2.45, 2.75) is 6.92 Å². The maximum absolute atomic E-state index is 10.8. The monoisotopic (exact) mass is 223 g/mol. The van der Waals surface area contributed by atoms with Crippen LogP contribution in [0.15, 0.2) is 36.5 Å². The second kappa shape index (κ2) is 4.75. The normalized spacial score (nSPS) is 9.40. The van der Waals surface area contributed by atoms with Crippen LogP contribution < -0.4 is 4.74 Å². The fourth-order valence-electron chi connectivity index (χ4n) is 1.31. The van der Waals surface area contributed by atoms with Crippen LogP contribution >= 0.6 is 12.4 Å². The fraction of sp³-hybridized carbons (Fsp3) is 0.0909. The van der Waals surface area contributed by atoms with Crippen molar-refractivity contribution < 1.29 is 9.53 Å². The largest absolute Gasteiger partial charge is 0.424 e. The number of rotatable bonds is 1. The van der Waals surface area contributed by atoms with E-state index in [9.17, 15) is 4.79 Å². The summed E-state index contributed by atoms with van der Waals surface area (Å²) in [5.41, 5.74) is 0.713. The third-order valence-electron chi connectivity index (χ3n) is 1.85. The number of ether oxygens (including phenoxy) is 1. The van der Waals surface area contributed by atoms with E-state index >= 15 is 0 Å². The highest BCUT2D eigenvalue weighted by molar-refractivity contribution is 5.86. The Hall–Kier alpha value is -1.61. The summed E-state index contributed by atoms with van der Waals surface area (Å²) in [5.74, 6) is 0.179. The quantitative estimate of drug-likeness (QED) is 0.551. The van der Waals surface area contributed by atoms with Crippen LogP contribution in [0.2, 0.25) is 0 Å². The molecule has 0 aliphatic carbocycles. The molecule has 2 rings (SSSR count). The second-order valence-electron chi connectivity index (χ2n) is 2.92. The molecular weight excluding hydrogens is 214 g/mol. The van der Waals surface area contributed by atoms with Crippen LogP contribution in [-0.4, -0.2) is 11.0 Å². The number of carbonyl (C=O) groups excluding carboxylic acids is 1. The Morgan fingerprint density at radius 2 is 2.00 bits per heavy atom. The molecule has 0 amide bonds. The molecule has 0 saturated carbocycles. The number of fused-ring (bicyclic) bond motifs is 1. The highest BCUT2D eigenvalue weighted by atomic mass is 35.5. The molecular formula is C11H10ClNO2. The van der Waals surface area contributed by atoms with Crippen molar-refractivity contribution in [1.29, 1.82) is 0 Å². The van der Waals surface area contributed by atoms with Gasteiger partial charge in [0.25, 0.3) is 0 Å². The highest BCUT2D eigenvalue weighted by Crippen LogP contribution is 2.22. The lowest BCUT2D eigenvalue weighted by atomic mass is 10.2. The number of pyridine rings is 1. The van der Waals surface area contributed by atoms with E-state index in [1.165, 1.54) is 6.92 Å². The SMILES string of the molecule is CC(=O)Oc1cccc2cccnc12.Cl. The summed E-state index contributed by atoms with van der Waals surface area (Å²) in [5, 5.41) is 0.964. The summed E-state index contributed by atoms with van der Waals surface area (Å²) in [6.07, 6.45) is 1.68. The van der Waals surface area contributed by atoms with Gasteiger partial charge in [0, 0.05) is 18.5 Å². The molecule has 0 saturated heterocycles. The predicted molar refractivity (Wildman–Crippen MR) is 60.3 cm³/mol. The molecule has 78 valence electrons. The number of para-hydroxylation sites is 1. The van der Waals surface area contributed by atoms with Crippen molar-refractivity contribution in [1.82, 2.24) is 4.98 Å². The van der Waals surface area contributed by atoms with Gasteiger partial charge in [-0.1, -0.05) is 18.2 Å². The average molecular weight is 224 g/mol. The summed E-state index contributed by atoms with van der Waals surface area (Å²) in [6.45, 7) is 1.38. The number of hydrogen-bond donors (Lipinski definition) is 0. The topological polar surface area (TPSA) is 39.2 Å². The molecule has 0 fully saturated rings. The van der Waals surface area contributed by atoms with Crippen LogP contribution in [0.4, 0.5) is 0 Å². The zero-order valence-electron chi connectivity index (χ0n) is 8.14. The predicted octanol–water partition coefficient (Wildman–Crippen LogP) is 2.58. The second-order valence-corrected chi connectivity index (χ2v) is 2.92. The van der Waals surface area contributed by atoms with Crippen molar-refractivity contribution in [3.8, 4) is 5.75 Å². The first-order valence-corrected chi connectivity index (χ1v) is 4.29. The van der Waals surface area contributed by atoms with E-state index < -0.39 is 0 Å². The molecule has 0 radical (unpaired) electrons. The maximum Gasteiger partial charge on any atom is 0.308 e. The third kappa shape index (κ3) is 2.44. The molecule has 2 aromatic rings. The maximum atomic E-state index is 10.8. The third-order valence-corrected chi connectivity index (χ3v) is 1.85. The summed E-state index contributed by atoms with van der Waals surface area (Å²) in [6, 6.07) is 9.27. The molecule has 0 aliphatic heterocycles. The Morgan fingerprint density at radius 3 is 2.73 bits per heavy atom. The van der Waals surface area contributed by atoms with Gasteiger partial charge in [-0.3, -0.25) is 9.78 Å². The van der Waals surface area contributed by atoms with Crippen LogP contribution in [0, 0.1) is 0 Å². The first-order chi connectivity index (χ1) is 6.77. The molecule has 4 heteroatoms. The van der Waals surface area contributed by atoms with Gasteiger partial charge in [0.2, 0.25) is 0 Å². The Labute approximate surface area is 93.5 Å². The van der Waals surface area contributed by atoms with Crippen LogP contribution in [0.1, 0.15) is 6.92 Å². The van der Waals surface area contributed by atoms with Gasteiger partial charge in [-0.15, -0.1) is 12.4 Å². The van der Waals surface area contributed by atoms with Crippen molar-refractivity contribution in [2.75, 3.05) is 0 Å². The lowest BCUT2D eigenvalue weighted by Crippen LogP contribution is -2.02. The number of nitrogens with zero attached hydrogens (tertiary/aromatic N) is 1. The summed E-state index contributed by atoms with van der Waals surface area (Å²) in [4.78, 5) is 15.0. The van der Waals surface area contributed by atoms with E-state index in [-0.39, 0.29) is 18.4 Å². The molecule has 1 aromatic carbocycles. The lowest BCUT2D eigenvalue weighted by Gasteiger charge is -2.03. The number of carbonyl (C=O) groups is 1. The minimum absolute atomic E-state index is 0. The summed E-state index contributed by atoms with van der Waals surface area (Å²) in [7, 11) is 0. The van der Waals surface area contributed by atoms with E-state index in [4.69, 9.17) is 4.74 Å². The van der Waals surface area contributed by atoms with E-state index in [0.717, 1.165) is 5.39 Å². The Kier molecular flexibility index (Phi) is 3.63. The first-order valence-electron chi connectivity index (χ1n) is 4.29. The number of hydrogen-bond acceptors (Lipinski definition) is 3. The number of aromatic nitrogens is 1. The molecule has 0 spiro atoms.